The van der Waals surface area contributed by atoms with Gasteiger partial charge in [0, 0.05) is 16.5 Å². The Balaban J connectivity index is 1.47. The number of ketones is 1. The van der Waals surface area contributed by atoms with Crippen molar-refractivity contribution in [3.05, 3.63) is 148 Å². The second-order valence-electron chi connectivity index (χ2n) is 10.1. The molecule has 1 fully saturated rings. The summed E-state index contributed by atoms with van der Waals surface area (Å²) in [6, 6.07) is 31.9. The van der Waals surface area contributed by atoms with Crippen molar-refractivity contribution < 1.29 is 14.4 Å². The minimum Gasteiger partial charge on any atom is -0.289 e. The first-order valence-corrected chi connectivity index (χ1v) is 13.0. The molecule has 1 heterocycles. The van der Waals surface area contributed by atoms with Crippen LogP contribution in [0.25, 0.3) is 0 Å². The lowest BCUT2D eigenvalue weighted by molar-refractivity contribution is -0.122. The summed E-state index contributed by atoms with van der Waals surface area (Å²) in [4.78, 5) is 43.1. The maximum absolute atomic E-state index is 14.3. The van der Waals surface area contributed by atoms with Gasteiger partial charge in [0.15, 0.2) is 5.78 Å². The molecular formula is C33H22ClNO3. The summed E-state index contributed by atoms with van der Waals surface area (Å²) < 4.78 is 0. The summed E-state index contributed by atoms with van der Waals surface area (Å²) in [5, 5.41) is 0.552. The summed E-state index contributed by atoms with van der Waals surface area (Å²) in [5.41, 5.74) is 4.12. The number of benzene rings is 4. The van der Waals surface area contributed by atoms with Gasteiger partial charge in [-0.25, -0.2) is 4.90 Å². The SMILES string of the molecule is O=C(/C=C/C12c3ccccc3C(c3ccccc31)C1C(=O)N(c3ccccc3)C(=O)C12)c1ccc(Cl)cc1. The molecule has 184 valence electrons. The van der Waals surface area contributed by atoms with Gasteiger partial charge in [-0.2, -0.15) is 0 Å². The third-order valence-corrected chi connectivity index (χ3v) is 8.58. The molecule has 0 radical (unpaired) electrons. The molecule has 4 aliphatic rings. The number of nitrogens with zero attached hydrogens (tertiary/aromatic N) is 1. The molecule has 1 saturated heterocycles. The fraction of sp³-hybridized carbons (Fsp3) is 0.121. The first-order valence-electron chi connectivity index (χ1n) is 12.6. The first-order chi connectivity index (χ1) is 18.5. The lowest BCUT2D eigenvalue weighted by atomic mass is 9.47. The smallest absolute Gasteiger partial charge is 0.239 e. The summed E-state index contributed by atoms with van der Waals surface area (Å²) in [6.45, 7) is 0. The van der Waals surface area contributed by atoms with Gasteiger partial charge in [0.05, 0.1) is 22.9 Å². The van der Waals surface area contributed by atoms with Crippen molar-refractivity contribution in [2.45, 2.75) is 11.3 Å². The van der Waals surface area contributed by atoms with E-state index in [-0.39, 0.29) is 23.5 Å². The fourth-order valence-corrected chi connectivity index (χ4v) is 6.99. The van der Waals surface area contributed by atoms with Gasteiger partial charge in [0.25, 0.3) is 0 Å². The monoisotopic (exact) mass is 515 g/mol. The van der Waals surface area contributed by atoms with E-state index >= 15 is 0 Å². The highest BCUT2D eigenvalue weighted by Gasteiger charge is 2.67. The zero-order chi connectivity index (χ0) is 26.0. The number of hydrogen-bond donors (Lipinski definition) is 0. The van der Waals surface area contributed by atoms with Crippen molar-refractivity contribution in [1.29, 1.82) is 0 Å². The van der Waals surface area contributed by atoms with Crippen LogP contribution in [0.3, 0.4) is 0 Å². The van der Waals surface area contributed by atoms with Gasteiger partial charge >= 0.3 is 0 Å². The van der Waals surface area contributed by atoms with Gasteiger partial charge < -0.3 is 0 Å². The van der Waals surface area contributed by atoms with E-state index in [2.05, 4.69) is 12.1 Å². The molecule has 0 spiro atoms. The van der Waals surface area contributed by atoms with Crippen LogP contribution < -0.4 is 4.90 Å². The molecule has 2 bridgehead atoms. The predicted molar refractivity (Wildman–Crippen MR) is 146 cm³/mol. The van der Waals surface area contributed by atoms with Gasteiger partial charge in [-0.1, -0.05) is 84.4 Å². The molecule has 4 nitrogen and oxygen atoms in total. The van der Waals surface area contributed by atoms with E-state index in [9.17, 15) is 14.4 Å². The van der Waals surface area contributed by atoms with E-state index < -0.39 is 17.3 Å². The van der Waals surface area contributed by atoms with Crippen LogP contribution in [0.15, 0.2) is 115 Å². The Hall–Kier alpha value is -4.28. The second-order valence-corrected chi connectivity index (χ2v) is 10.5. The Kier molecular flexibility index (Phi) is 5.04. The summed E-state index contributed by atoms with van der Waals surface area (Å²) in [6.07, 6.45) is 3.43. The highest BCUT2D eigenvalue weighted by Crippen LogP contribution is 2.64. The average Bonchev–Trinajstić information content (AvgIpc) is 3.23. The standard InChI is InChI=1S/C33H22ClNO3/c34-21-16-14-20(15-17-21)27(36)18-19-33-25-12-6-4-10-23(25)28(24-11-5-7-13-26(24)33)29-30(33)32(38)35(31(29)37)22-8-2-1-3-9-22/h1-19,28-30H/b19-18+. The minimum atomic E-state index is -0.967. The summed E-state index contributed by atoms with van der Waals surface area (Å²) >= 11 is 6.03. The Labute approximate surface area is 225 Å². The van der Waals surface area contributed by atoms with Gasteiger partial charge in [0.2, 0.25) is 11.8 Å². The maximum atomic E-state index is 14.3. The van der Waals surface area contributed by atoms with E-state index in [0.29, 0.717) is 16.3 Å². The van der Waals surface area contributed by atoms with E-state index in [1.54, 1.807) is 42.5 Å². The maximum Gasteiger partial charge on any atom is 0.239 e. The highest BCUT2D eigenvalue weighted by molar-refractivity contribution is 6.30. The van der Waals surface area contributed by atoms with Crippen LogP contribution >= 0.6 is 11.6 Å². The molecule has 0 aromatic heterocycles. The molecule has 2 amide bonds. The van der Waals surface area contributed by atoms with Crippen molar-refractivity contribution in [1.82, 2.24) is 0 Å². The van der Waals surface area contributed by atoms with Gasteiger partial charge in [0.1, 0.15) is 0 Å². The van der Waals surface area contributed by atoms with Crippen molar-refractivity contribution in [3.63, 3.8) is 0 Å². The minimum absolute atomic E-state index is 0.188. The van der Waals surface area contributed by atoms with E-state index in [1.165, 1.54) is 4.90 Å². The molecular weight excluding hydrogens is 494 g/mol. The number of carbonyl (C=O) groups is 3. The Morgan fingerprint density at radius 2 is 1.32 bits per heavy atom. The topological polar surface area (TPSA) is 54.5 Å². The van der Waals surface area contributed by atoms with Crippen molar-refractivity contribution in [2.24, 2.45) is 11.8 Å². The highest BCUT2D eigenvalue weighted by atomic mass is 35.5. The number of rotatable bonds is 4. The van der Waals surface area contributed by atoms with Crippen LogP contribution in [-0.2, 0) is 15.0 Å². The Morgan fingerprint density at radius 3 is 1.95 bits per heavy atom. The number of anilines is 1. The largest absolute Gasteiger partial charge is 0.289 e. The number of halogens is 1. The lowest BCUT2D eigenvalue weighted by Gasteiger charge is -2.53. The van der Waals surface area contributed by atoms with Crippen LogP contribution in [-0.4, -0.2) is 17.6 Å². The normalized spacial score (nSPS) is 24.9. The zero-order valence-corrected chi connectivity index (χ0v) is 21.0. The molecule has 5 heteroatoms. The van der Waals surface area contributed by atoms with E-state index in [0.717, 1.165) is 22.3 Å². The number of imide groups is 1. The molecule has 2 atom stereocenters. The molecule has 38 heavy (non-hydrogen) atoms. The quantitative estimate of drug-likeness (QED) is 0.181. The van der Waals surface area contributed by atoms with Crippen LogP contribution in [0.5, 0.6) is 0 Å². The Morgan fingerprint density at radius 1 is 0.737 bits per heavy atom. The van der Waals surface area contributed by atoms with Gasteiger partial charge in [-0.3, -0.25) is 14.4 Å². The first kappa shape index (κ1) is 22.9. The molecule has 0 saturated carbocycles. The van der Waals surface area contributed by atoms with Crippen LogP contribution in [0.2, 0.25) is 5.02 Å². The molecule has 4 aromatic rings. The number of para-hydroxylation sites is 1. The Bertz CT molecular complexity index is 1610. The average molecular weight is 516 g/mol. The third kappa shape index (κ3) is 3.01. The number of carbonyl (C=O) groups excluding carboxylic acids is 3. The number of hydrogen-bond acceptors (Lipinski definition) is 3. The third-order valence-electron chi connectivity index (χ3n) is 8.32. The van der Waals surface area contributed by atoms with E-state index in [1.807, 2.05) is 60.7 Å². The van der Waals surface area contributed by atoms with Crippen molar-refractivity contribution in [2.75, 3.05) is 4.90 Å². The zero-order valence-electron chi connectivity index (χ0n) is 20.3. The molecule has 3 aliphatic carbocycles. The van der Waals surface area contributed by atoms with Crippen LogP contribution in [0.1, 0.15) is 38.5 Å². The second kappa shape index (κ2) is 8.37. The summed E-state index contributed by atoms with van der Waals surface area (Å²) in [5.74, 6) is -2.08. The predicted octanol–water partition coefficient (Wildman–Crippen LogP) is 6.33. The van der Waals surface area contributed by atoms with Gasteiger partial charge in [-0.05, 0) is 64.7 Å². The van der Waals surface area contributed by atoms with Gasteiger partial charge in [-0.15, -0.1) is 0 Å². The van der Waals surface area contributed by atoms with Crippen molar-refractivity contribution >= 4 is 34.9 Å². The van der Waals surface area contributed by atoms with Crippen LogP contribution in [0, 0.1) is 11.8 Å². The lowest BCUT2D eigenvalue weighted by Crippen LogP contribution is -2.52. The molecule has 1 aliphatic heterocycles. The molecule has 0 N–H and O–H groups in total. The molecule has 8 rings (SSSR count). The van der Waals surface area contributed by atoms with Crippen LogP contribution in [0.4, 0.5) is 5.69 Å². The summed E-state index contributed by atoms with van der Waals surface area (Å²) in [7, 11) is 0. The molecule has 2 unspecified atom stereocenters. The fourth-order valence-electron chi connectivity index (χ4n) is 6.86. The van der Waals surface area contributed by atoms with E-state index in [4.69, 9.17) is 11.6 Å². The molecule has 4 aromatic carbocycles. The van der Waals surface area contributed by atoms with Crippen molar-refractivity contribution in [3.8, 4) is 0 Å². The number of amides is 2. The number of allylic oxidation sites excluding steroid dienone is 2.